The largest absolute Gasteiger partial charge is 0.398 e. The van der Waals surface area contributed by atoms with Crippen LogP contribution in [0.2, 0.25) is 0 Å². The Hall–Kier alpha value is -1.33. The number of amides is 1. The van der Waals surface area contributed by atoms with Crippen molar-refractivity contribution < 1.29 is 4.79 Å². The van der Waals surface area contributed by atoms with Gasteiger partial charge in [0.1, 0.15) is 0 Å². The van der Waals surface area contributed by atoms with Crippen molar-refractivity contribution in [1.82, 2.24) is 5.32 Å². The zero-order chi connectivity index (χ0) is 15.4. The van der Waals surface area contributed by atoms with Gasteiger partial charge in [0.25, 0.3) is 5.91 Å². The van der Waals surface area contributed by atoms with Gasteiger partial charge in [-0.3, -0.25) is 4.79 Å². The lowest BCUT2D eigenvalue weighted by Gasteiger charge is -2.18. The molecule has 0 radical (unpaired) electrons. The van der Waals surface area contributed by atoms with E-state index in [0.29, 0.717) is 11.3 Å². The molecule has 0 aromatic heterocycles. The first-order valence-electron chi connectivity index (χ1n) is 6.62. The minimum absolute atomic E-state index is 0.0121. The lowest BCUT2D eigenvalue weighted by Crippen LogP contribution is -2.28. The van der Waals surface area contributed by atoms with Gasteiger partial charge in [0.05, 0.1) is 6.04 Å². The summed E-state index contributed by atoms with van der Waals surface area (Å²) in [5.41, 5.74) is 8.03. The standard InChI is InChI=1S/C16H16Br2N2O/c1-2-15(10-3-6-12(17)7-4-10)20-16(21)11-5-8-14(19)13(18)9-11/h3-9,15H,2,19H2,1H3,(H,20,21). The van der Waals surface area contributed by atoms with Crippen molar-refractivity contribution in [2.45, 2.75) is 19.4 Å². The van der Waals surface area contributed by atoms with E-state index in [4.69, 9.17) is 5.73 Å². The Morgan fingerprint density at radius 2 is 1.86 bits per heavy atom. The number of carbonyl (C=O) groups excluding carboxylic acids is 1. The summed E-state index contributed by atoms with van der Waals surface area (Å²) in [6.45, 7) is 2.05. The van der Waals surface area contributed by atoms with Crippen LogP contribution in [0.5, 0.6) is 0 Å². The van der Waals surface area contributed by atoms with E-state index in [1.54, 1.807) is 18.2 Å². The van der Waals surface area contributed by atoms with E-state index in [9.17, 15) is 4.79 Å². The summed E-state index contributed by atoms with van der Waals surface area (Å²) in [6, 6.07) is 13.1. The van der Waals surface area contributed by atoms with Crippen molar-refractivity contribution in [2.75, 3.05) is 5.73 Å². The maximum atomic E-state index is 12.3. The number of carbonyl (C=O) groups is 1. The van der Waals surface area contributed by atoms with Gasteiger partial charge in [-0.25, -0.2) is 0 Å². The molecule has 2 rings (SSSR count). The SMILES string of the molecule is CCC(NC(=O)c1ccc(N)c(Br)c1)c1ccc(Br)cc1. The molecule has 0 fully saturated rings. The van der Waals surface area contributed by atoms with Gasteiger partial charge in [-0.1, -0.05) is 35.0 Å². The van der Waals surface area contributed by atoms with E-state index in [0.717, 1.165) is 20.9 Å². The van der Waals surface area contributed by atoms with E-state index in [2.05, 4.69) is 37.2 Å². The predicted octanol–water partition coefficient (Wildman–Crippen LogP) is 4.67. The summed E-state index contributed by atoms with van der Waals surface area (Å²) in [4.78, 5) is 12.3. The van der Waals surface area contributed by atoms with Crippen LogP contribution in [0.25, 0.3) is 0 Å². The van der Waals surface area contributed by atoms with Gasteiger partial charge in [0, 0.05) is 20.2 Å². The van der Waals surface area contributed by atoms with Crippen LogP contribution in [0.1, 0.15) is 35.3 Å². The van der Waals surface area contributed by atoms with Crippen LogP contribution < -0.4 is 11.1 Å². The molecule has 3 nitrogen and oxygen atoms in total. The van der Waals surface area contributed by atoms with E-state index in [-0.39, 0.29) is 11.9 Å². The van der Waals surface area contributed by atoms with Crippen molar-refractivity contribution in [3.63, 3.8) is 0 Å². The third-order valence-corrected chi connectivity index (χ3v) is 4.46. The molecule has 0 aliphatic heterocycles. The zero-order valence-electron chi connectivity index (χ0n) is 11.6. The van der Waals surface area contributed by atoms with Gasteiger partial charge in [-0.05, 0) is 58.2 Å². The molecule has 3 N–H and O–H groups in total. The Labute approximate surface area is 141 Å². The topological polar surface area (TPSA) is 55.1 Å². The van der Waals surface area contributed by atoms with Crippen molar-refractivity contribution in [1.29, 1.82) is 0 Å². The fourth-order valence-electron chi connectivity index (χ4n) is 2.03. The molecule has 0 saturated heterocycles. The highest BCUT2D eigenvalue weighted by molar-refractivity contribution is 9.10. The molecule has 1 atom stereocenters. The molecule has 0 spiro atoms. The number of rotatable bonds is 4. The molecule has 0 aliphatic carbocycles. The summed E-state index contributed by atoms with van der Waals surface area (Å²) in [6.07, 6.45) is 0.823. The first kappa shape index (κ1) is 16.0. The smallest absolute Gasteiger partial charge is 0.251 e. The number of halogens is 2. The van der Waals surface area contributed by atoms with Crippen LogP contribution in [-0.2, 0) is 0 Å². The number of nitrogens with two attached hydrogens (primary N) is 1. The van der Waals surface area contributed by atoms with E-state index in [1.807, 2.05) is 31.2 Å². The second-order valence-corrected chi connectivity index (χ2v) is 6.49. The molecule has 1 unspecified atom stereocenters. The van der Waals surface area contributed by atoms with Crippen LogP contribution in [0.15, 0.2) is 51.4 Å². The van der Waals surface area contributed by atoms with Crippen LogP contribution in [0.4, 0.5) is 5.69 Å². The molecule has 1 amide bonds. The van der Waals surface area contributed by atoms with Crippen LogP contribution in [-0.4, -0.2) is 5.91 Å². The molecule has 110 valence electrons. The quantitative estimate of drug-likeness (QED) is 0.718. The highest BCUT2D eigenvalue weighted by atomic mass is 79.9. The molecule has 21 heavy (non-hydrogen) atoms. The zero-order valence-corrected chi connectivity index (χ0v) is 14.7. The Kier molecular flexibility index (Phi) is 5.42. The van der Waals surface area contributed by atoms with Gasteiger partial charge < -0.3 is 11.1 Å². The average molecular weight is 412 g/mol. The maximum absolute atomic E-state index is 12.3. The fraction of sp³-hybridized carbons (Fsp3) is 0.188. The number of nitrogens with one attached hydrogen (secondary N) is 1. The van der Waals surface area contributed by atoms with Gasteiger partial charge in [-0.15, -0.1) is 0 Å². The Balaban J connectivity index is 2.15. The summed E-state index contributed by atoms with van der Waals surface area (Å²) >= 11 is 6.75. The van der Waals surface area contributed by atoms with Gasteiger partial charge in [-0.2, -0.15) is 0 Å². The van der Waals surface area contributed by atoms with Crippen molar-refractivity contribution in [2.24, 2.45) is 0 Å². The summed E-state index contributed by atoms with van der Waals surface area (Å²) in [5, 5.41) is 3.05. The predicted molar refractivity (Wildman–Crippen MR) is 93.2 cm³/mol. The first-order valence-corrected chi connectivity index (χ1v) is 8.21. The second kappa shape index (κ2) is 7.09. The maximum Gasteiger partial charge on any atom is 0.251 e. The van der Waals surface area contributed by atoms with Crippen molar-refractivity contribution in [3.8, 4) is 0 Å². The second-order valence-electron chi connectivity index (χ2n) is 4.72. The van der Waals surface area contributed by atoms with Gasteiger partial charge >= 0.3 is 0 Å². The lowest BCUT2D eigenvalue weighted by atomic mass is 10.0. The van der Waals surface area contributed by atoms with Crippen LogP contribution in [0, 0.1) is 0 Å². The number of nitrogen functional groups attached to an aromatic ring is 1. The minimum Gasteiger partial charge on any atom is -0.398 e. The minimum atomic E-state index is -0.106. The monoisotopic (exact) mass is 410 g/mol. The van der Waals surface area contributed by atoms with Crippen molar-refractivity contribution in [3.05, 3.63) is 62.5 Å². The van der Waals surface area contributed by atoms with Gasteiger partial charge in [0.2, 0.25) is 0 Å². The molecule has 2 aromatic rings. The summed E-state index contributed by atoms with van der Waals surface area (Å²) < 4.78 is 1.75. The number of anilines is 1. The lowest BCUT2D eigenvalue weighted by molar-refractivity contribution is 0.0935. The summed E-state index contributed by atoms with van der Waals surface area (Å²) in [5.74, 6) is -0.106. The van der Waals surface area contributed by atoms with E-state index >= 15 is 0 Å². The van der Waals surface area contributed by atoms with Crippen LogP contribution >= 0.6 is 31.9 Å². The molecule has 0 saturated carbocycles. The molecule has 0 heterocycles. The molecular formula is C16H16Br2N2O. The van der Waals surface area contributed by atoms with Gasteiger partial charge in [0.15, 0.2) is 0 Å². The molecule has 5 heteroatoms. The highest BCUT2D eigenvalue weighted by Gasteiger charge is 2.14. The first-order chi connectivity index (χ1) is 10.0. The molecular weight excluding hydrogens is 396 g/mol. The Bertz CT molecular complexity index is 641. The average Bonchev–Trinajstić information content (AvgIpc) is 2.48. The number of hydrogen-bond donors (Lipinski definition) is 2. The number of hydrogen-bond acceptors (Lipinski definition) is 2. The van der Waals surface area contributed by atoms with E-state index in [1.165, 1.54) is 0 Å². The van der Waals surface area contributed by atoms with Crippen LogP contribution in [0.3, 0.4) is 0 Å². The summed E-state index contributed by atoms with van der Waals surface area (Å²) in [7, 11) is 0. The third kappa shape index (κ3) is 4.08. The normalized spacial score (nSPS) is 12.0. The van der Waals surface area contributed by atoms with E-state index < -0.39 is 0 Å². The van der Waals surface area contributed by atoms with Crippen molar-refractivity contribution >= 4 is 43.5 Å². The molecule has 2 aromatic carbocycles. The Morgan fingerprint density at radius 1 is 1.19 bits per heavy atom. The Morgan fingerprint density at radius 3 is 2.43 bits per heavy atom. The fourth-order valence-corrected chi connectivity index (χ4v) is 2.67. The highest BCUT2D eigenvalue weighted by Crippen LogP contribution is 2.23. The number of benzene rings is 2. The third-order valence-electron chi connectivity index (χ3n) is 3.25. The molecule has 0 bridgehead atoms. The molecule has 0 aliphatic rings.